The van der Waals surface area contributed by atoms with Crippen LogP contribution in [0.2, 0.25) is 0 Å². The van der Waals surface area contributed by atoms with Gasteiger partial charge in [-0.15, -0.1) is 0 Å². The molecule has 0 saturated carbocycles. The molecule has 16 heavy (non-hydrogen) atoms. The first-order valence-corrected chi connectivity index (χ1v) is 6.24. The molecule has 0 aromatic heterocycles. The Balaban J connectivity index is 2.33. The number of piperidine rings is 1. The van der Waals surface area contributed by atoms with Crippen molar-refractivity contribution < 1.29 is 4.79 Å². The summed E-state index contributed by atoms with van der Waals surface area (Å²) < 4.78 is 0. The van der Waals surface area contributed by atoms with Gasteiger partial charge in [0.05, 0.1) is 6.54 Å². The van der Waals surface area contributed by atoms with E-state index in [1.165, 1.54) is 0 Å². The number of nitrogens with one attached hydrogen (secondary N) is 2. The van der Waals surface area contributed by atoms with Crippen molar-refractivity contribution in [2.24, 2.45) is 5.92 Å². The molecule has 0 bridgehead atoms. The normalized spacial score (nSPS) is 31.4. The first-order valence-electron chi connectivity index (χ1n) is 6.24. The smallest absolute Gasteiger partial charge is 0.233 e. The second-order valence-electron chi connectivity index (χ2n) is 4.94. The Kier molecular flexibility index (Phi) is 5.22. The van der Waals surface area contributed by atoms with Crippen molar-refractivity contribution in [3.8, 4) is 0 Å². The Hall–Kier alpha value is -0.610. The zero-order chi connectivity index (χ0) is 12.1. The molecule has 4 nitrogen and oxygen atoms in total. The van der Waals surface area contributed by atoms with Gasteiger partial charge < -0.3 is 15.5 Å². The van der Waals surface area contributed by atoms with Crippen LogP contribution in [0.5, 0.6) is 0 Å². The number of likely N-dealkylation sites (tertiary alicyclic amines) is 1. The molecule has 2 N–H and O–H groups in total. The number of hydrogen-bond donors (Lipinski definition) is 2. The van der Waals surface area contributed by atoms with Gasteiger partial charge in [-0.25, -0.2) is 0 Å². The summed E-state index contributed by atoms with van der Waals surface area (Å²) in [7, 11) is 2.17. The molecule has 1 aliphatic heterocycles. The van der Waals surface area contributed by atoms with E-state index in [1.807, 2.05) is 6.92 Å². The second kappa shape index (κ2) is 6.21. The van der Waals surface area contributed by atoms with Crippen molar-refractivity contribution in [3.63, 3.8) is 0 Å². The van der Waals surface area contributed by atoms with Crippen LogP contribution in [0.4, 0.5) is 0 Å². The van der Waals surface area contributed by atoms with Crippen LogP contribution in [0.3, 0.4) is 0 Å². The van der Waals surface area contributed by atoms with Crippen molar-refractivity contribution in [1.29, 1.82) is 0 Å². The van der Waals surface area contributed by atoms with Gasteiger partial charge in [-0.05, 0) is 33.2 Å². The highest BCUT2D eigenvalue weighted by Crippen LogP contribution is 2.20. The molecule has 0 aromatic carbocycles. The molecule has 1 fully saturated rings. The highest BCUT2D eigenvalue weighted by atomic mass is 16.1. The Morgan fingerprint density at radius 2 is 2.12 bits per heavy atom. The van der Waals surface area contributed by atoms with E-state index >= 15 is 0 Å². The zero-order valence-electron chi connectivity index (χ0n) is 10.9. The van der Waals surface area contributed by atoms with Crippen LogP contribution in [0.15, 0.2) is 0 Å². The lowest BCUT2D eigenvalue weighted by atomic mass is 9.90. The van der Waals surface area contributed by atoms with Crippen molar-refractivity contribution >= 4 is 5.91 Å². The highest BCUT2D eigenvalue weighted by molar-refractivity contribution is 5.77. The van der Waals surface area contributed by atoms with Gasteiger partial charge in [0.25, 0.3) is 0 Å². The summed E-state index contributed by atoms with van der Waals surface area (Å²) in [5.41, 5.74) is 0. The average Bonchev–Trinajstić information content (AvgIpc) is 2.22. The lowest BCUT2D eigenvalue weighted by Gasteiger charge is -2.40. The van der Waals surface area contributed by atoms with Crippen molar-refractivity contribution in [2.75, 3.05) is 26.7 Å². The van der Waals surface area contributed by atoms with Crippen molar-refractivity contribution in [3.05, 3.63) is 0 Å². The SMILES string of the molecule is CCNC(=O)CNC1CC(C)N(C)CC1C. The van der Waals surface area contributed by atoms with E-state index in [4.69, 9.17) is 0 Å². The third kappa shape index (κ3) is 3.76. The molecule has 4 heteroatoms. The molecule has 0 aliphatic carbocycles. The standard InChI is InChI=1S/C12H25N3O/c1-5-13-12(16)7-14-11-6-10(3)15(4)8-9(11)2/h9-11,14H,5-8H2,1-4H3,(H,13,16). The molecule has 94 valence electrons. The van der Waals surface area contributed by atoms with Crippen LogP contribution in [-0.2, 0) is 4.79 Å². The fourth-order valence-corrected chi connectivity index (χ4v) is 2.31. The molecule has 3 unspecified atom stereocenters. The Bertz CT molecular complexity index is 232. The second-order valence-corrected chi connectivity index (χ2v) is 4.94. The van der Waals surface area contributed by atoms with E-state index < -0.39 is 0 Å². The van der Waals surface area contributed by atoms with Gasteiger partial charge in [-0.1, -0.05) is 6.92 Å². The molecule has 0 spiro atoms. The maximum Gasteiger partial charge on any atom is 0.233 e. The first-order chi connectivity index (χ1) is 7.54. The lowest BCUT2D eigenvalue weighted by Crippen LogP contribution is -2.52. The lowest BCUT2D eigenvalue weighted by molar-refractivity contribution is -0.120. The van der Waals surface area contributed by atoms with Crippen LogP contribution in [0.1, 0.15) is 27.2 Å². The first kappa shape index (κ1) is 13.5. The Morgan fingerprint density at radius 3 is 2.75 bits per heavy atom. The number of carbonyl (C=O) groups is 1. The van der Waals surface area contributed by atoms with Gasteiger partial charge >= 0.3 is 0 Å². The van der Waals surface area contributed by atoms with E-state index in [-0.39, 0.29) is 5.91 Å². The number of carbonyl (C=O) groups excluding carboxylic acids is 1. The van der Waals surface area contributed by atoms with Gasteiger partial charge in [-0.2, -0.15) is 0 Å². The predicted octanol–water partition coefficient (Wildman–Crippen LogP) is 0.441. The molecule has 1 rings (SSSR count). The van der Waals surface area contributed by atoms with Crippen LogP contribution >= 0.6 is 0 Å². The molecular weight excluding hydrogens is 202 g/mol. The number of hydrogen-bond acceptors (Lipinski definition) is 3. The van der Waals surface area contributed by atoms with Gasteiger partial charge in [0.1, 0.15) is 0 Å². The van der Waals surface area contributed by atoms with Crippen LogP contribution in [0, 0.1) is 5.92 Å². The van der Waals surface area contributed by atoms with E-state index in [2.05, 4.69) is 36.4 Å². The fourth-order valence-electron chi connectivity index (χ4n) is 2.31. The van der Waals surface area contributed by atoms with Crippen molar-refractivity contribution in [1.82, 2.24) is 15.5 Å². The molecule has 0 aromatic rings. The monoisotopic (exact) mass is 227 g/mol. The molecule has 1 amide bonds. The molecular formula is C12H25N3O. The van der Waals surface area contributed by atoms with E-state index in [9.17, 15) is 4.79 Å². The molecule has 0 radical (unpaired) electrons. The predicted molar refractivity (Wildman–Crippen MR) is 66.3 cm³/mol. The summed E-state index contributed by atoms with van der Waals surface area (Å²) in [5, 5.41) is 6.18. The number of nitrogens with zero attached hydrogens (tertiary/aromatic N) is 1. The number of rotatable bonds is 4. The van der Waals surface area contributed by atoms with E-state index in [0.717, 1.165) is 13.0 Å². The maximum atomic E-state index is 11.4. The highest BCUT2D eigenvalue weighted by Gasteiger charge is 2.28. The largest absolute Gasteiger partial charge is 0.355 e. The number of amides is 1. The fraction of sp³-hybridized carbons (Fsp3) is 0.917. The van der Waals surface area contributed by atoms with Gasteiger partial charge in [0, 0.05) is 25.2 Å². The summed E-state index contributed by atoms with van der Waals surface area (Å²) >= 11 is 0. The average molecular weight is 227 g/mol. The molecule has 1 aliphatic rings. The van der Waals surface area contributed by atoms with Gasteiger partial charge in [-0.3, -0.25) is 4.79 Å². The number of likely N-dealkylation sites (N-methyl/N-ethyl adjacent to an activating group) is 1. The Labute approximate surface area is 98.8 Å². The zero-order valence-corrected chi connectivity index (χ0v) is 10.9. The van der Waals surface area contributed by atoms with Crippen LogP contribution in [-0.4, -0.2) is 49.6 Å². The van der Waals surface area contributed by atoms with E-state index in [0.29, 0.717) is 31.1 Å². The minimum atomic E-state index is 0.0984. The minimum Gasteiger partial charge on any atom is -0.355 e. The molecule has 1 saturated heterocycles. The van der Waals surface area contributed by atoms with Crippen LogP contribution < -0.4 is 10.6 Å². The van der Waals surface area contributed by atoms with Crippen molar-refractivity contribution in [2.45, 2.75) is 39.3 Å². The molecule has 1 heterocycles. The Morgan fingerprint density at radius 1 is 1.44 bits per heavy atom. The van der Waals surface area contributed by atoms with E-state index in [1.54, 1.807) is 0 Å². The summed E-state index contributed by atoms with van der Waals surface area (Å²) in [5.74, 6) is 0.705. The van der Waals surface area contributed by atoms with Gasteiger partial charge in [0.15, 0.2) is 0 Å². The van der Waals surface area contributed by atoms with Gasteiger partial charge in [0.2, 0.25) is 5.91 Å². The quantitative estimate of drug-likeness (QED) is 0.732. The third-order valence-corrected chi connectivity index (χ3v) is 3.51. The summed E-state index contributed by atoms with van der Waals surface area (Å²) in [6.45, 7) is 8.69. The minimum absolute atomic E-state index is 0.0984. The summed E-state index contributed by atoms with van der Waals surface area (Å²) in [6.07, 6.45) is 1.12. The third-order valence-electron chi connectivity index (χ3n) is 3.51. The summed E-state index contributed by atoms with van der Waals surface area (Å²) in [6, 6.07) is 1.07. The summed E-state index contributed by atoms with van der Waals surface area (Å²) in [4.78, 5) is 13.7. The van der Waals surface area contributed by atoms with Crippen LogP contribution in [0.25, 0.3) is 0 Å². The topological polar surface area (TPSA) is 44.4 Å². The molecule has 3 atom stereocenters. The maximum absolute atomic E-state index is 11.4.